The van der Waals surface area contributed by atoms with Gasteiger partial charge in [-0.15, -0.1) is 0 Å². The summed E-state index contributed by atoms with van der Waals surface area (Å²) in [6.45, 7) is 1.72. The summed E-state index contributed by atoms with van der Waals surface area (Å²) in [7, 11) is 0. The lowest BCUT2D eigenvalue weighted by Crippen LogP contribution is -2.41. The van der Waals surface area contributed by atoms with Crippen LogP contribution in [0.15, 0.2) is 84.9 Å². The van der Waals surface area contributed by atoms with Crippen molar-refractivity contribution in [1.82, 2.24) is 0 Å². The number of hydrogen-bond donors (Lipinski definition) is 0. The number of nitro benzene ring substituents is 1. The summed E-state index contributed by atoms with van der Waals surface area (Å²) in [5.74, 6) is -1.00. The second-order valence-electron chi connectivity index (χ2n) is 8.00. The minimum absolute atomic E-state index is 0.159. The molecule has 2 heterocycles. The van der Waals surface area contributed by atoms with Crippen molar-refractivity contribution in [3.8, 4) is 0 Å². The third kappa shape index (κ3) is 2.80. The van der Waals surface area contributed by atoms with Crippen LogP contribution in [0.4, 0.5) is 17.1 Å². The number of carbonyl (C=O) groups is 2. The van der Waals surface area contributed by atoms with Crippen LogP contribution < -0.4 is 9.96 Å². The van der Waals surface area contributed by atoms with Gasteiger partial charge in [-0.3, -0.25) is 24.5 Å². The third-order valence-corrected chi connectivity index (χ3v) is 6.10. The van der Waals surface area contributed by atoms with Gasteiger partial charge in [0.15, 0.2) is 6.10 Å². The van der Waals surface area contributed by atoms with Crippen LogP contribution in [0.25, 0.3) is 0 Å². The predicted octanol–water partition coefficient (Wildman–Crippen LogP) is 4.04. The van der Waals surface area contributed by atoms with E-state index in [0.717, 1.165) is 16.2 Å². The molecule has 2 amide bonds. The van der Waals surface area contributed by atoms with Gasteiger partial charge in [-0.1, -0.05) is 54.6 Å². The van der Waals surface area contributed by atoms with Gasteiger partial charge in [-0.05, 0) is 30.7 Å². The first kappa shape index (κ1) is 19.9. The number of carbonyl (C=O) groups excluding carboxylic acids is 2. The molecule has 2 aliphatic rings. The highest BCUT2D eigenvalue weighted by Crippen LogP contribution is 2.55. The molecule has 3 atom stereocenters. The Hall–Kier alpha value is -4.04. The van der Waals surface area contributed by atoms with Crippen molar-refractivity contribution < 1.29 is 19.3 Å². The second-order valence-corrected chi connectivity index (χ2v) is 8.00. The Labute approximate surface area is 183 Å². The van der Waals surface area contributed by atoms with E-state index in [1.54, 1.807) is 12.0 Å². The Morgan fingerprint density at radius 2 is 1.53 bits per heavy atom. The van der Waals surface area contributed by atoms with Crippen molar-refractivity contribution in [3.63, 3.8) is 0 Å². The molecule has 0 saturated carbocycles. The van der Waals surface area contributed by atoms with Crippen molar-refractivity contribution in [1.29, 1.82) is 0 Å². The summed E-state index contributed by atoms with van der Waals surface area (Å²) < 4.78 is 0. The van der Waals surface area contributed by atoms with Crippen molar-refractivity contribution in [3.05, 3.63) is 101 Å². The summed E-state index contributed by atoms with van der Waals surface area (Å²) in [4.78, 5) is 45.0. The second kappa shape index (κ2) is 7.28. The zero-order chi connectivity index (χ0) is 22.5. The van der Waals surface area contributed by atoms with Crippen LogP contribution in [-0.4, -0.2) is 22.8 Å². The zero-order valence-electron chi connectivity index (χ0n) is 17.1. The summed E-state index contributed by atoms with van der Waals surface area (Å²) in [6.07, 6.45) is -1.07. The van der Waals surface area contributed by atoms with E-state index in [2.05, 4.69) is 0 Å². The molecule has 8 heteroatoms. The van der Waals surface area contributed by atoms with E-state index < -0.39 is 34.3 Å². The molecule has 32 heavy (non-hydrogen) atoms. The lowest BCUT2D eigenvalue weighted by atomic mass is 9.76. The Balaban J connectivity index is 1.63. The lowest BCUT2D eigenvalue weighted by Gasteiger charge is -2.32. The van der Waals surface area contributed by atoms with Crippen LogP contribution in [-0.2, 0) is 14.4 Å². The number of non-ortho nitro benzene ring substituents is 1. The maximum atomic E-state index is 13.8. The molecule has 5 rings (SSSR count). The average Bonchev–Trinajstić information content (AvgIpc) is 3.23. The topological polar surface area (TPSA) is 93.0 Å². The van der Waals surface area contributed by atoms with Gasteiger partial charge >= 0.3 is 0 Å². The van der Waals surface area contributed by atoms with E-state index in [4.69, 9.17) is 4.84 Å². The van der Waals surface area contributed by atoms with Crippen LogP contribution in [0, 0.1) is 15.5 Å². The van der Waals surface area contributed by atoms with E-state index in [-0.39, 0.29) is 11.4 Å². The van der Waals surface area contributed by atoms with Gasteiger partial charge in [-0.25, -0.2) is 9.96 Å². The van der Waals surface area contributed by atoms with Gasteiger partial charge in [0, 0.05) is 12.1 Å². The van der Waals surface area contributed by atoms with E-state index in [0.29, 0.717) is 0 Å². The molecule has 0 aliphatic carbocycles. The van der Waals surface area contributed by atoms with Crippen LogP contribution >= 0.6 is 0 Å². The Kier molecular flexibility index (Phi) is 4.53. The Morgan fingerprint density at radius 1 is 0.906 bits per heavy atom. The summed E-state index contributed by atoms with van der Waals surface area (Å²) in [5, 5.41) is 12.8. The third-order valence-electron chi connectivity index (χ3n) is 6.10. The number of rotatable bonds is 4. The largest absolute Gasteiger partial charge is 0.273 e. The van der Waals surface area contributed by atoms with Gasteiger partial charge < -0.3 is 0 Å². The number of benzene rings is 3. The molecule has 0 spiro atoms. The van der Waals surface area contributed by atoms with Crippen LogP contribution in [0.5, 0.6) is 0 Å². The fourth-order valence-corrected chi connectivity index (χ4v) is 4.55. The molecule has 0 radical (unpaired) electrons. The number of imide groups is 1. The number of nitro groups is 1. The molecule has 3 aromatic carbocycles. The maximum Gasteiger partial charge on any atom is 0.271 e. The van der Waals surface area contributed by atoms with E-state index >= 15 is 0 Å². The number of nitrogens with zero attached hydrogens (tertiary/aromatic N) is 3. The lowest BCUT2D eigenvalue weighted by molar-refractivity contribution is -0.384. The van der Waals surface area contributed by atoms with Gasteiger partial charge in [-0.2, -0.15) is 0 Å². The molecular formula is C24H19N3O5. The highest BCUT2D eigenvalue weighted by Gasteiger charge is 2.68. The first-order chi connectivity index (χ1) is 15.4. The number of fused-ring (bicyclic) bond motifs is 1. The number of hydrogen-bond acceptors (Lipinski definition) is 6. The van der Waals surface area contributed by atoms with Crippen molar-refractivity contribution >= 4 is 28.9 Å². The normalized spacial score (nSPS) is 24.7. The Morgan fingerprint density at radius 3 is 2.19 bits per heavy atom. The molecule has 0 bridgehead atoms. The highest BCUT2D eigenvalue weighted by molar-refractivity contribution is 6.25. The number of anilines is 2. The number of para-hydroxylation sites is 1. The summed E-state index contributed by atoms with van der Waals surface area (Å²) >= 11 is 0. The first-order valence-corrected chi connectivity index (χ1v) is 10.1. The van der Waals surface area contributed by atoms with Crippen molar-refractivity contribution in [2.45, 2.75) is 19.1 Å². The summed E-state index contributed by atoms with van der Waals surface area (Å²) in [6, 6.07) is 23.6. The number of amides is 2. The molecule has 3 unspecified atom stereocenters. The molecule has 2 fully saturated rings. The molecule has 160 valence electrons. The Bertz CT molecular complexity index is 1220. The molecule has 0 aromatic heterocycles. The van der Waals surface area contributed by atoms with Crippen molar-refractivity contribution in [2.24, 2.45) is 5.41 Å². The van der Waals surface area contributed by atoms with E-state index in [1.807, 2.05) is 60.7 Å². The maximum absolute atomic E-state index is 13.8. The van der Waals surface area contributed by atoms with Crippen molar-refractivity contribution in [2.75, 3.05) is 9.96 Å². The van der Waals surface area contributed by atoms with Crippen LogP contribution in [0.3, 0.4) is 0 Å². The fourth-order valence-electron chi connectivity index (χ4n) is 4.55. The standard InChI is InChI=1S/C24H19N3O5/c1-24-20(16-9-4-2-5-10-16)26(17-11-6-3-7-12-17)32-21(24)22(28)25(23(24)29)18-13-8-14-19(15-18)27(30)31/h2-15,20-21H,1H3. The fraction of sp³-hybridized carbons (Fsp3) is 0.167. The molecule has 8 nitrogen and oxygen atoms in total. The van der Waals surface area contributed by atoms with Crippen LogP contribution in [0.1, 0.15) is 18.5 Å². The van der Waals surface area contributed by atoms with Gasteiger partial charge in [0.2, 0.25) is 5.91 Å². The smallest absolute Gasteiger partial charge is 0.271 e. The molecule has 2 saturated heterocycles. The minimum atomic E-state index is -1.24. The zero-order valence-corrected chi connectivity index (χ0v) is 17.1. The molecular weight excluding hydrogens is 410 g/mol. The monoisotopic (exact) mass is 429 g/mol. The average molecular weight is 429 g/mol. The van der Waals surface area contributed by atoms with Gasteiger partial charge in [0.05, 0.1) is 22.3 Å². The van der Waals surface area contributed by atoms with Gasteiger partial charge in [0.25, 0.3) is 11.6 Å². The quantitative estimate of drug-likeness (QED) is 0.353. The predicted molar refractivity (Wildman–Crippen MR) is 117 cm³/mol. The summed E-state index contributed by atoms with van der Waals surface area (Å²) in [5.41, 5.74) is 0.268. The van der Waals surface area contributed by atoms with E-state index in [9.17, 15) is 19.7 Å². The number of hydroxylamine groups is 1. The first-order valence-electron chi connectivity index (χ1n) is 10.1. The highest BCUT2D eigenvalue weighted by atomic mass is 16.7. The minimum Gasteiger partial charge on any atom is -0.273 e. The molecule has 2 aliphatic heterocycles. The van der Waals surface area contributed by atoms with Crippen LogP contribution in [0.2, 0.25) is 0 Å². The SMILES string of the molecule is CC12C(=O)N(c3cccc([N+](=O)[O-])c3)C(=O)C1ON(c1ccccc1)C2c1ccccc1. The van der Waals surface area contributed by atoms with E-state index in [1.165, 1.54) is 24.3 Å². The molecule has 3 aromatic rings. The molecule has 0 N–H and O–H groups in total. The van der Waals surface area contributed by atoms with Gasteiger partial charge in [0.1, 0.15) is 5.41 Å².